The zero-order valence-electron chi connectivity index (χ0n) is 16.1. The number of para-hydroxylation sites is 1. The van der Waals surface area contributed by atoms with Crippen molar-refractivity contribution in [1.82, 2.24) is 15.0 Å². The highest BCUT2D eigenvalue weighted by Gasteiger charge is 2.13. The quantitative estimate of drug-likeness (QED) is 0.490. The normalized spacial score (nSPS) is 11.8. The number of carbonyl (C=O) groups is 1. The summed E-state index contributed by atoms with van der Waals surface area (Å²) in [6.45, 7) is 0. The van der Waals surface area contributed by atoms with Gasteiger partial charge in [0.15, 0.2) is 0 Å². The van der Waals surface area contributed by atoms with Crippen LogP contribution < -0.4 is 10.5 Å². The number of rotatable bonds is 7. The smallest absolute Gasteiger partial charge is 0.320 e. The summed E-state index contributed by atoms with van der Waals surface area (Å²) in [5.41, 5.74) is 9.04. The molecule has 0 saturated carbocycles. The first-order chi connectivity index (χ1) is 14.6. The van der Waals surface area contributed by atoms with E-state index in [2.05, 4.69) is 10.3 Å². The molecule has 3 aromatic carbocycles. The van der Waals surface area contributed by atoms with Crippen molar-refractivity contribution in [3.63, 3.8) is 0 Å². The molecule has 4 aromatic rings. The number of ether oxygens (including phenoxy) is 1. The Hall–Kier alpha value is -3.97. The number of aliphatic carboxylic acids is 1. The van der Waals surface area contributed by atoms with Crippen molar-refractivity contribution >= 4 is 5.97 Å². The second-order valence-corrected chi connectivity index (χ2v) is 6.79. The third kappa shape index (κ3) is 4.37. The molecule has 0 aliphatic heterocycles. The summed E-state index contributed by atoms with van der Waals surface area (Å²) in [7, 11) is 0. The highest BCUT2D eigenvalue weighted by atomic mass is 16.5. The fraction of sp³-hybridized carbons (Fsp3) is 0.0870. The molecule has 1 unspecified atom stereocenters. The van der Waals surface area contributed by atoms with Gasteiger partial charge in [-0.05, 0) is 60.5 Å². The first kappa shape index (κ1) is 19.4. The minimum atomic E-state index is -1.02. The van der Waals surface area contributed by atoms with E-state index in [0.29, 0.717) is 0 Å². The van der Waals surface area contributed by atoms with E-state index < -0.39 is 12.0 Å². The van der Waals surface area contributed by atoms with Gasteiger partial charge in [-0.3, -0.25) is 4.79 Å². The number of hydrogen-bond donors (Lipinski definition) is 2. The van der Waals surface area contributed by atoms with Gasteiger partial charge < -0.3 is 15.6 Å². The maximum absolute atomic E-state index is 10.9. The standard InChI is InChI=1S/C23H20N4O3/c24-21(23(28)29)14-16-6-10-18(11-7-16)27-22(15-25-26-27)17-8-12-20(13-9-17)30-19-4-2-1-3-5-19/h1-13,15,21H,14,24H2,(H,28,29). The van der Waals surface area contributed by atoms with Gasteiger partial charge in [-0.25, -0.2) is 4.68 Å². The summed E-state index contributed by atoms with van der Waals surface area (Å²) in [6, 6.07) is 23.8. The van der Waals surface area contributed by atoms with Gasteiger partial charge in [0.2, 0.25) is 0 Å². The fourth-order valence-electron chi connectivity index (χ4n) is 3.06. The van der Waals surface area contributed by atoms with Crippen LogP contribution in [0.2, 0.25) is 0 Å². The highest BCUT2D eigenvalue weighted by Crippen LogP contribution is 2.26. The van der Waals surface area contributed by atoms with Gasteiger partial charge >= 0.3 is 5.97 Å². The average Bonchev–Trinajstić information content (AvgIpc) is 3.25. The minimum absolute atomic E-state index is 0.267. The summed E-state index contributed by atoms with van der Waals surface area (Å²) >= 11 is 0. The van der Waals surface area contributed by atoms with Crippen LogP contribution in [-0.4, -0.2) is 32.1 Å². The second-order valence-electron chi connectivity index (χ2n) is 6.79. The van der Waals surface area contributed by atoms with E-state index in [-0.39, 0.29) is 6.42 Å². The monoisotopic (exact) mass is 400 g/mol. The van der Waals surface area contributed by atoms with Gasteiger partial charge in [0.05, 0.1) is 17.6 Å². The summed E-state index contributed by atoms with van der Waals surface area (Å²) < 4.78 is 7.57. The van der Waals surface area contributed by atoms with Crippen LogP contribution in [0.15, 0.2) is 85.1 Å². The topological polar surface area (TPSA) is 103 Å². The van der Waals surface area contributed by atoms with Crippen LogP contribution >= 0.6 is 0 Å². The number of carboxylic acid groups (broad SMARTS) is 1. The molecule has 1 atom stereocenters. The Balaban J connectivity index is 1.52. The van der Waals surface area contributed by atoms with E-state index >= 15 is 0 Å². The lowest BCUT2D eigenvalue weighted by atomic mass is 10.1. The van der Waals surface area contributed by atoms with Gasteiger partial charge in [0.25, 0.3) is 0 Å². The average molecular weight is 400 g/mol. The van der Waals surface area contributed by atoms with E-state index in [1.165, 1.54) is 0 Å². The number of aromatic nitrogens is 3. The predicted octanol–water partition coefficient (Wildman–Crippen LogP) is 3.68. The van der Waals surface area contributed by atoms with Crippen molar-refractivity contribution in [2.45, 2.75) is 12.5 Å². The van der Waals surface area contributed by atoms with E-state index in [9.17, 15) is 4.79 Å². The van der Waals surface area contributed by atoms with Crippen molar-refractivity contribution in [2.24, 2.45) is 5.73 Å². The summed E-state index contributed by atoms with van der Waals surface area (Å²) in [5.74, 6) is 0.500. The van der Waals surface area contributed by atoms with Crippen LogP contribution in [0, 0.1) is 0 Å². The Bertz CT molecular complexity index is 1120. The molecule has 1 aromatic heterocycles. The third-order valence-electron chi connectivity index (χ3n) is 4.63. The molecule has 4 rings (SSSR count). The van der Waals surface area contributed by atoms with E-state index in [1.807, 2.05) is 78.9 Å². The molecule has 7 heteroatoms. The molecule has 1 heterocycles. The molecular weight excluding hydrogens is 380 g/mol. The second kappa shape index (κ2) is 8.59. The zero-order valence-corrected chi connectivity index (χ0v) is 16.1. The third-order valence-corrected chi connectivity index (χ3v) is 4.63. The van der Waals surface area contributed by atoms with Crippen LogP contribution in [-0.2, 0) is 11.2 Å². The van der Waals surface area contributed by atoms with Crippen molar-refractivity contribution in [3.8, 4) is 28.4 Å². The molecule has 150 valence electrons. The summed E-state index contributed by atoms with van der Waals surface area (Å²) in [6.07, 6.45) is 1.96. The number of nitrogens with two attached hydrogens (primary N) is 1. The molecule has 7 nitrogen and oxygen atoms in total. The van der Waals surface area contributed by atoms with Gasteiger partial charge in [-0.2, -0.15) is 0 Å². The van der Waals surface area contributed by atoms with Gasteiger partial charge in [-0.15, -0.1) is 5.10 Å². The SMILES string of the molecule is NC(Cc1ccc(-n2nncc2-c2ccc(Oc3ccccc3)cc2)cc1)C(=O)O. The van der Waals surface area contributed by atoms with Crippen molar-refractivity contribution in [2.75, 3.05) is 0 Å². The maximum Gasteiger partial charge on any atom is 0.320 e. The van der Waals surface area contributed by atoms with Crippen LogP contribution in [0.1, 0.15) is 5.56 Å². The number of hydrogen-bond acceptors (Lipinski definition) is 5. The molecule has 0 radical (unpaired) electrons. The van der Waals surface area contributed by atoms with Gasteiger partial charge in [0.1, 0.15) is 17.5 Å². The van der Waals surface area contributed by atoms with Gasteiger partial charge in [0, 0.05) is 5.56 Å². The summed E-state index contributed by atoms with van der Waals surface area (Å²) in [5, 5.41) is 17.2. The van der Waals surface area contributed by atoms with Crippen molar-refractivity contribution in [3.05, 3.63) is 90.6 Å². The lowest BCUT2D eigenvalue weighted by Gasteiger charge is -2.10. The Morgan fingerprint density at radius 3 is 2.30 bits per heavy atom. The Kier molecular flexibility index (Phi) is 5.54. The number of nitrogens with zero attached hydrogens (tertiary/aromatic N) is 3. The molecular formula is C23H20N4O3. The summed E-state index contributed by atoms with van der Waals surface area (Å²) in [4.78, 5) is 10.9. The molecule has 0 fully saturated rings. The van der Waals surface area contributed by atoms with Crippen molar-refractivity contribution < 1.29 is 14.6 Å². The molecule has 0 saturated heterocycles. The van der Waals surface area contributed by atoms with Crippen LogP contribution in [0.5, 0.6) is 11.5 Å². The molecule has 0 amide bonds. The van der Waals surface area contributed by atoms with Crippen LogP contribution in [0.25, 0.3) is 16.9 Å². The fourth-order valence-corrected chi connectivity index (χ4v) is 3.06. The first-order valence-corrected chi connectivity index (χ1v) is 9.42. The van der Waals surface area contributed by atoms with E-state index in [4.69, 9.17) is 15.6 Å². The molecule has 0 aliphatic rings. The number of carboxylic acids is 1. The number of benzene rings is 3. The largest absolute Gasteiger partial charge is 0.480 e. The predicted molar refractivity (Wildman–Crippen MR) is 113 cm³/mol. The maximum atomic E-state index is 10.9. The molecule has 3 N–H and O–H groups in total. The molecule has 0 spiro atoms. The Labute approximate surface area is 173 Å². The Morgan fingerprint density at radius 1 is 0.967 bits per heavy atom. The van der Waals surface area contributed by atoms with Crippen LogP contribution in [0.4, 0.5) is 0 Å². The molecule has 0 aliphatic carbocycles. The van der Waals surface area contributed by atoms with Crippen molar-refractivity contribution in [1.29, 1.82) is 0 Å². The van der Waals surface area contributed by atoms with Crippen LogP contribution in [0.3, 0.4) is 0 Å². The van der Waals surface area contributed by atoms with Gasteiger partial charge in [-0.1, -0.05) is 35.5 Å². The molecule has 0 bridgehead atoms. The lowest BCUT2D eigenvalue weighted by molar-refractivity contribution is -0.138. The van der Waals surface area contributed by atoms with E-state index in [0.717, 1.165) is 34.0 Å². The van der Waals surface area contributed by atoms with E-state index in [1.54, 1.807) is 10.9 Å². The lowest BCUT2D eigenvalue weighted by Crippen LogP contribution is -2.32. The minimum Gasteiger partial charge on any atom is -0.480 e. The first-order valence-electron chi connectivity index (χ1n) is 9.42. The highest BCUT2D eigenvalue weighted by molar-refractivity contribution is 5.73. The molecule has 30 heavy (non-hydrogen) atoms. The Morgan fingerprint density at radius 2 is 1.63 bits per heavy atom. The zero-order chi connectivity index (χ0) is 20.9.